The summed E-state index contributed by atoms with van der Waals surface area (Å²) in [5.74, 6) is 2.11. The molecule has 4 rings (SSSR count). The van der Waals surface area contributed by atoms with E-state index in [1.165, 1.54) is 18.2 Å². The molecule has 1 fully saturated rings. The molecule has 1 aliphatic rings. The Kier molecular flexibility index (Phi) is 4.94. The van der Waals surface area contributed by atoms with Crippen LogP contribution in [0.25, 0.3) is 5.82 Å². The van der Waals surface area contributed by atoms with E-state index >= 15 is 0 Å². The van der Waals surface area contributed by atoms with Gasteiger partial charge in [0.1, 0.15) is 17.5 Å². The van der Waals surface area contributed by atoms with Crippen LogP contribution in [0.15, 0.2) is 54.9 Å². The fourth-order valence-electron chi connectivity index (χ4n) is 3.39. The number of benzene rings is 1. The molecule has 9 nitrogen and oxygen atoms in total. The number of aryl methyl sites for hydroxylation is 1. The van der Waals surface area contributed by atoms with Gasteiger partial charge in [0.25, 0.3) is 11.6 Å². The Morgan fingerprint density at radius 2 is 1.69 bits per heavy atom. The van der Waals surface area contributed by atoms with E-state index < -0.39 is 4.92 Å². The third-order valence-corrected chi connectivity index (χ3v) is 4.87. The first kappa shape index (κ1) is 18.6. The zero-order chi connectivity index (χ0) is 20.4. The molecule has 9 heteroatoms. The number of piperazine rings is 1. The molecule has 1 saturated heterocycles. The van der Waals surface area contributed by atoms with Gasteiger partial charge in [-0.2, -0.15) is 0 Å². The maximum atomic E-state index is 12.7. The number of nitrogens with zero attached hydrogens (tertiary/aromatic N) is 6. The second kappa shape index (κ2) is 7.70. The molecule has 29 heavy (non-hydrogen) atoms. The number of aromatic nitrogens is 3. The van der Waals surface area contributed by atoms with E-state index in [2.05, 4.69) is 14.9 Å². The molecule has 0 spiro atoms. The minimum absolute atomic E-state index is 0.0801. The highest BCUT2D eigenvalue weighted by atomic mass is 16.6. The predicted molar refractivity (Wildman–Crippen MR) is 107 cm³/mol. The third kappa shape index (κ3) is 3.93. The molecule has 0 aliphatic carbocycles. The SMILES string of the molecule is Cc1nc(N2CCN(C(=O)c3cccc([N+](=O)[O-])c3)CC2)cc(-n2cccc2)n1. The van der Waals surface area contributed by atoms with Crippen LogP contribution in [0.5, 0.6) is 0 Å². The molecule has 0 radical (unpaired) electrons. The fourth-order valence-corrected chi connectivity index (χ4v) is 3.39. The van der Waals surface area contributed by atoms with Crippen LogP contribution >= 0.6 is 0 Å². The smallest absolute Gasteiger partial charge is 0.270 e. The van der Waals surface area contributed by atoms with E-state index in [0.717, 1.165) is 11.6 Å². The Morgan fingerprint density at radius 3 is 2.38 bits per heavy atom. The average Bonchev–Trinajstić information content (AvgIpc) is 3.28. The number of hydrogen-bond acceptors (Lipinski definition) is 6. The van der Waals surface area contributed by atoms with Crippen molar-refractivity contribution < 1.29 is 9.72 Å². The highest BCUT2D eigenvalue weighted by Gasteiger charge is 2.24. The molecule has 148 valence electrons. The van der Waals surface area contributed by atoms with Gasteiger partial charge >= 0.3 is 0 Å². The molecular weight excluding hydrogens is 372 g/mol. The summed E-state index contributed by atoms with van der Waals surface area (Å²) in [4.78, 5) is 36.1. The van der Waals surface area contributed by atoms with Crippen molar-refractivity contribution in [2.24, 2.45) is 0 Å². The normalized spacial score (nSPS) is 14.1. The number of amides is 1. The molecular formula is C20H20N6O3. The van der Waals surface area contributed by atoms with E-state index in [0.29, 0.717) is 37.6 Å². The highest BCUT2D eigenvalue weighted by Crippen LogP contribution is 2.20. The van der Waals surface area contributed by atoms with Gasteiger partial charge in [0, 0.05) is 62.3 Å². The lowest BCUT2D eigenvalue weighted by atomic mass is 10.1. The lowest BCUT2D eigenvalue weighted by Gasteiger charge is -2.35. The summed E-state index contributed by atoms with van der Waals surface area (Å²) in [7, 11) is 0. The van der Waals surface area contributed by atoms with Crippen LogP contribution in [-0.4, -0.2) is 56.4 Å². The van der Waals surface area contributed by atoms with Gasteiger partial charge in [-0.25, -0.2) is 9.97 Å². The summed E-state index contributed by atoms with van der Waals surface area (Å²) >= 11 is 0. The minimum atomic E-state index is -0.492. The van der Waals surface area contributed by atoms with Gasteiger partial charge in [0.2, 0.25) is 0 Å². The van der Waals surface area contributed by atoms with Crippen molar-refractivity contribution in [3.05, 3.63) is 76.4 Å². The van der Waals surface area contributed by atoms with Crippen LogP contribution in [0, 0.1) is 17.0 Å². The molecule has 0 saturated carbocycles. The number of non-ortho nitro benzene ring substituents is 1. The van der Waals surface area contributed by atoms with E-state index in [1.54, 1.807) is 11.0 Å². The second-order valence-corrected chi connectivity index (χ2v) is 6.81. The van der Waals surface area contributed by atoms with E-state index in [4.69, 9.17) is 0 Å². The highest BCUT2D eigenvalue weighted by molar-refractivity contribution is 5.95. The van der Waals surface area contributed by atoms with E-state index in [1.807, 2.05) is 42.1 Å². The maximum Gasteiger partial charge on any atom is 0.270 e. The molecule has 0 N–H and O–H groups in total. The van der Waals surface area contributed by atoms with Crippen molar-refractivity contribution in [1.82, 2.24) is 19.4 Å². The van der Waals surface area contributed by atoms with Crippen LogP contribution in [-0.2, 0) is 0 Å². The Hall–Kier alpha value is -3.75. The standard InChI is InChI=1S/C20H20N6O3/c1-15-21-18(23-7-2-3-8-23)14-19(22-15)24-9-11-25(12-10-24)20(27)16-5-4-6-17(13-16)26(28)29/h2-8,13-14H,9-12H2,1H3. The number of carbonyl (C=O) groups excluding carboxylic acids is 1. The molecule has 1 aliphatic heterocycles. The summed E-state index contributed by atoms with van der Waals surface area (Å²) in [6.07, 6.45) is 3.86. The van der Waals surface area contributed by atoms with Gasteiger partial charge in [-0.15, -0.1) is 0 Å². The number of nitro benzene ring substituents is 1. The van der Waals surface area contributed by atoms with Crippen molar-refractivity contribution in [2.75, 3.05) is 31.1 Å². The Bertz CT molecular complexity index is 1040. The van der Waals surface area contributed by atoms with E-state index in [9.17, 15) is 14.9 Å². The maximum absolute atomic E-state index is 12.7. The number of anilines is 1. The molecule has 3 heterocycles. The largest absolute Gasteiger partial charge is 0.353 e. The van der Waals surface area contributed by atoms with Crippen molar-refractivity contribution in [3.63, 3.8) is 0 Å². The molecule has 0 bridgehead atoms. The molecule has 3 aromatic rings. The van der Waals surface area contributed by atoms with Gasteiger partial charge < -0.3 is 14.4 Å². The predicted octanol–water partition coefficient (Wildman–Crippen LogP) is 2.45. The first-order valence-corrected chi connectivity index (χ1v) is 9.29. The summed E-state index contributed by atoms with van der Waals surface area (Å²) in [6.45, 7) is 4.15. The monoisotopic (exact) mass is 392 g/mol. The van der Waals surface area contributed by atoms with Crippen LogP contribution < -0.4 is 4.90 Å². The average molecular weight is 392 g/mol. The molecule has 0 unspecified atom stereocenters. The Labute approximate surface area is 167 Å². The molecule has 0 atom stereocenters. The van der Waals surface area contributed by atoms with Crippen molar-refractivity contribution in [3.8, 4) is 5.82 Å². The molecule has 1 amide bonds. The summed E-state index contributed by atoms with van der Waals surface area (Å²) in [5.41, 5.74) is 0.254. The zero-order valence-corrected chi connectivity index (χ0v) is 15.9. The van der Waals surface area contributed by atoms with Gasteiger partial charge in [0.05, 0.1) is 4.92 Å². The van der Waals surface area contributed by atoms with Gasteiger partial charge in [-0.05, 0) is 25.1 Å². The Morgan fingerprint density at radius 1 is 1.00 bits per heavy atom. The van der Waals surface area contributed by atoms with Gasteiger partial charge in [-0.3, -0.25) is 14.9 Å². The number of hydrogen-bond donors (Lipinski definition) is 0. The summed E-state index contributed by atoms with van der Waals surface area (Å²) in [6, 6.07) is 11.7. The van der Waals surface area contributed by atoms with Crippen molar-refractivity contribution in [1.29, 1.82) is 0 Å². The van der Waals surface area contributed by atoms with Crippen LogP contribution in [0.1, 0.15) is 16.2 Å². The van der Waals surface area contributed by atoms with Gasteiger partial charge in [-0.1, -0.05) is 6.07 Å². The second-order valence-electron chi connectivity index (χ2n) is 6.81. The molecule has 2 aromatic heterocycles. The Balaban J connectivity index is 1.46. The zero-order valence-electron chi connectivity index (χ0n) is 15.9. The quantitative estimate of drug-likeness (QED) is 0.500. The lowest BCUT2D eigenvalue weighted by Crippen LogP contribution is -2.49. The number of nitro groups is 1. The van der Waals surface area contributed by atoms with E-state index in [-0.39, 0.29) is 11.6 Å². The minimum Gasteiger partial charge on any atom is -0.353 e. The number of rotatable bonds is 4. The van der Waals surface area contributed by atoms with Crippen LogP contribution in [0.4, 0.5) is 11.5 Å². The van der Waals surface area contributed by atoms with Crippen molar-refractivity contribution in [2.45, 2.75) is 6.92 Å². The van der Waals surface area contributed by atoms with Crippen LogP contribution in [0.2, 0.25) is 0 Å². The fraction of sp³-hybridized carbons (Fsp3) is 0.250. The number of carbonyl (C=O) groups is 1. The summed E-state index contributed by atoms with van der Waals surface area (Å²) in [5, 5.41) is 11.0. The van der Waals surface area contributed by atoms with Crippen LogP contribution in [0.3, 0.4) is 0 Å². The first-order chi connectivity index (χ1) is 14.0. The first-order valence-electron chi connectivity index (χ1n) is 9.29. The summed E-state index contributed by atoms with van der Waals surface area (Å²) < 4.78 is 1.93. The lowest BCUT2D eigenvalue weighted by molar-refractivity contribution is -0.384. The molecule has 1 aromatic carbocycles. The van der Waals surface area contributed by atoms with Crippen molar-refractivity contribution >= 4 is 17.4 Å². The topological polar surface area (TPSA) is 97.4 Å². The van der Waals surface area contributed by atoms with Gasteiger partial charge in [0.15, 0.2) is 0 Å². The third-order valence-electron chi connectivity index (χ3n) is 4.87.